The zero-order valence-electron chi connectivity index (χ0n) is 13.6. The van der Waals surface area contributed by atoms with Crippen molar-refractivity contribution < 1.29 is 17.6 Å². The number of amidine groups is 1. The van der Waals surface area contributed by atoms with E-state index in [0.717, 1.165) is 0 Å². The lowest BCUT2D eigenvalue weighted by Gasteiger charge is -2.24. The van der Waals surface area contributed by atoms with Gasteiger partial charge in [0.25, 0.3) is 5.91 Å². The predicted molar refractivity (Wildman–Crippen MR) is 101 cm³/mol. The Morgan fingerprint density at radius 1 is 1.08 bits per heavy atom. The summed E-state index contributed by atoms with van der Waals surface area (Å²) in [6.45, 7) is 0. The molecule has 5 nitrogen and oxygen atoms in total. The number of amides is 1. The Morgan fingerprint density at radius 3 is 2.46 bits per heavy atom. The van der Waals surface area contributed by atoms with E-state index in [4.69, 9.17) is 0 Å². The maximum Gasteiger partial charge on any atom is 0.279 e. The number of hydrogen-bond donors (Lipinski definition) is 0. The summed E-state index contributed by atoms with van der Waals surface area (Å²) in [5.41, 5.74) is 1.09. The Balaban J connectivity index is 1.72. The second kappa shape index (κ2) is 6.51. The van der Waals surface area contributed by atoms with E-state index in [1.165, 1.54) is 23.9 Å². The van der Waals surface area contributed by atoms with Crippen LogP contribution in [-0.4, -0.2) is 42.3 Å². The largest absolute Gasteiger partial charge is 0.316 e. The van der Waals surface area contributed by atoms with Crippen molar-refractivity contribution in [3.05, 3.63) is 66.0 Å². The van der Waals surface area contributed by atoms with Crippen molar-refractivity contribution in [2.75, 3.05) is 16.4 Å². The summed E-state index contributed by atoms with van der Waals surface area (Å²) in [5, 5.41) is 0.266. The van der Waals surface area contributed by atoms with Crippen molar-refractivity contribution in [1.82, 2.24) is 0 Å². The molecule has 0 radical (unpaired) electrons. The molecule has 2 aromatic rings. The van der Waals surface area contributed by atoms with E-state index in [1.54, 1.807) is 41.3 Å². The first-order valence-corrected chi connectivity index (χ1v) is 10.7. The molecular formula is C18H15FN2O3S2. The van der Waals surface area contributed by atoms with Gasteiger partial charge in [-0.25, -0.2) is 12.8 Å². The number of fused-ring (bicyclic) bond motifs is 1. The molecule has 26 heavy (non-hydrogen) atoms. The van der Waals surface area contributed by atoms with E-state index in [2.05, 4.69) is 4.99 Å². The van der Waals surface area contributed by atoms with Crippen molar-refractivity contribution in [2.24, 2.45) is 4.99 Å². The average molecular weight is 390 g/mol. The normalized spacial score (nSPS) is 25.4. The number of hydrogen-bond acceptors (Lipinski definition) is 4. The first kappa shape index (κ1) is 17.2. The molecule has 0 aliphatic carbocycles. The van der Waals surface area contributed by atoms with Gasteiger partial charge in [0.15, 0.2) is 15.0 Å². The smallest absolute Gasteiger partial charge is 0.279 e. The molecule has 0 aromatic heterocycles. The summed E-state index contributed by atoms with van der Waals surface area (Å²) in [7, 11) is -3.14. The Kier molecular flexibility index (Phi) is 4.32. The lowest BCUT2D eigenvalue weighted by Crippen LogP contribution is -2.37. The second-order valence-electron chi connectivity index (χ2n) is 6.21. The van der Waals surface area contributed by atoms with Gasteiger partial charge in [0.2, 0.25) is 0 Å². The second-order valence-corrected chi connectivity index (χ2v) is 9.57. The fourth-order valence-electron chi connectivity index (χ4n) is 3.20. The van der Waals surface area contributed by atoms with Gasteiger partial charge in [-0.05, 0) is 36.4 Å². The van der Waals surface area contributed by atoms with Crippen LogP contribution in [0.25, 0.3) is 0 Å². The van der Waals surface area contributed by atoms with Crippen LogP contribution >= 0.6 is 11.8 Å². The minimum atomic E-state index is -3.14. The number of carbonyl (C=O) groups is 1. The Labute approximate surface area is 154 Å². The van der Waals surface area contributed by atoms with Crippen LogP contribution in [0, 0.1) is 5.82 Å². The standard InChI is InChI=1S/C18H15FN2O3S2/c19-13-6-8-14(9-7-13)21-15-10-26(23,24)11-16(15)25-18(21)20-17(22)12-4-2-1-3-5-12/h1-9,15-16H,10-11H2/t15-,16-/m1/s1. The molecule has 2 aromatic carbocycles. The number of halogens is 1. The van der Waals surface area contributed by atoms with Gasteiger partial charge in [-0.15, -0.1) is 0 Å². The summed E-state index contributed by atoms with van der Waals surface area (Å²) >= 11 is 1.30. The highest BCUT2D eigenvalue weighted by Gasteiger charge is 2.49. The minimum absolute atomic E-state index is 0.000586. The predicted octanol–water partition coefficient (Wildman–Crippen LogP) is 2.74. The van der Waals surface area contributed by atoms with Gasteiger partial charge in [0.1, 0.15) is 5.82 Å². The first-order valence-electron chi connectivity index (χ1n) is 8.03. The molecule has 0 spiro atoms. The molecule has 0 saturated carbocycles. The monoisotopic (exact) mass is 390 g/mol. The van der Waals surface area contributed by atoms with Crippen LogP contribution in [0.3, 0.4) is 0 Å². The topological polar surface area (TPSA) is 66.8 Å². The van der Waals surface area contributed by atoms with Gasteiger partial charge in [0.05, 0.1) is 17.5 Å². The van der Waals surface area contributed by atoms with Crippen molar-refractivity contribution in [2.45, 2.75) is 11.3 Å². The maximum atomic E-state index is 13.3. The number of benzene rings is 2. The van der Waals surface area contributed by atoms with Crippen molar-refractivity contribution >= 4 is 38.4 Å². The highest BCUT2D eigenvalue weighted by Crippen LogP contribution is 2.41. The molecule has 8 heteroatoms. The molecule has 0 N–H and O–H groups in total. The van der Waals surface area contributed by atoms with Gasteiger partial charge in [-0.3, -0.25) is 4.79 Å². The Bertz CT molecular complexity index is 975. The van der Waals surface area contributed by atoms with Crippen LogP contribution in [0.4, 0.5) is 10.1 Å². The van der Waals surface area contributed by atoms with Crippen LogP contribution < -0.4 is 4.90 Å². The summed E-state index contributed by atoms with van der Waals surface area (Å²) in [4.78, 5) is 18.5. The van der Waals surface area contributed by atoms with Crippen LogP contribution in [0.2, 0.25) is 0 Å². The summed E-state index contributed by atoms with van der Waals surface area (Å²) in [5.74, 6) is -0.711. The zero-order chi connectivity index (χ0) is 18.3. The van der Waals surface area contributed by atoms with E-state index >= 15 is 0 Å². The third kappa shape index (κ3) is 3.26. The van der Waals surface area contributed by atoms with Crippen LogP contribution in [0.1, 0.15) is 10.4 Å². The fraction of sp³-hybridized carbons (Fsp3) is 0.222. The van der Waals surface area contributed by atoms with Gasteiger partial charge in [0, 0.05) is 16.5 Å². The zero-order valence-corrected chi connectivity index (χ0v) is 15.2. The Morgan fingerprint density at radius 2 is 1.77 bits per heavy atom. The molecular weight excluding hydrogens is 375 g/mol. The summed E-state index contributed by atoms with van der Waals surface area (Å²) in [6, 6.07) is 14.2. The molecule has 2 heterocycles. The molecule has 134 valence electrons. The number of anilines is 1. The number of thioether (sulfide) groups is 1. The summed E-state index contributed by atoms with van der Waals surface area (Å²) in [6.07, 6.45) is 0. The van der Waals surface area contributed by atoms with Crippen molar-refractivity contribution in [3.8, 4) is 0 Å². The van der Waals surface area contributed by atoms with E-state index in [9.17, 15) is 17.6 Å². The number of rotatable bonds is 2. The van der Waals surface area contributed by atoms with Crippen molar-refractivity contribution in [3.63, 3.8) is 0 Å². The molecule has 2 aliphatic rings. The SMILES string of the molecule is O=C(N=C1S[C@@H]2CS(=O)(=O)C[C@H]2N1c1ccc(F)cc1)c1ccccc1. The van der Waals surface area contributed by atoms with Crippen molar-refractivity contribution in [1.29, 1.82) is 0 Å². The molecule has 0 bridgehead atoms. The minimum Gasteiger partial charge on any atom is -0.316 e. The third-order valence-electron chi connectivity index (χ3n) is 4.39. The number of sulfone groups is 1. The maximum absolute atomic E-state index is 13.3. The van der Waals surface area contributed by atoms with Gasteiger partial charge < -0.3 is 4.90 Å². The molecule has 2 fully saturated rings. The number of carbonyl (C=O) groups excluding carboxylic acids is 1. The molecule has 1 amide bonds. The molecule has 2 aliphatic heterocycles. The molecule has 2 saturated heterocycles. The number of nitrogens with zero attached hydrogens (tertiary/aromatic N) is 2. The summed E-state index contributed by atoms with van der Waals surface area (Å²) < 4.78 is 37.3. The quantitative estimate of drug-likeness (QED) is 0.789. The van der Waals surface area contributed by atoms with E-state index in [0.29, 0.717) is 16.4 Å². The fourth-order valence-corrected chi connectivity index (χ4v) is 7.11. The van der Waals surface area contributed by atoms with Crippen LogP contribution in [-0.2, 0) is 9.84 Å². The van der Waals surface area contributed by atoms with Crippen LogP contribution in [0.5, 0.6) is 0 Å². The first-order chi connectivity index (χ1) is 12.4. The Hall–Kier alpha value is -2.19. The van der Waals surface area contributed by atoms with E-state index < -0.39 is 9.84 Å². The van der Waals surface area contributed by atoms with Gasteiger partial charge >= 0.3 is 0 Å². The van der Waals surface area contributed by atoms with E-state index in [-0.39, 0.29) is 34.5 Å². The molecule has 2 atom stereocenters. The highest BCUT2D eigenvalue weighted by atomic mass is 32.2. The van der Waals surface area contributed by atoms with Gasteiger partial charge in [-0.2, -0.15) is 4.99 Å². The highest BCUT2D eigenvalue weighted by molar-refractivity contribution is 8.16. The number of aliphatic imine (C=N–C) groups is 1. The van der Waals surface area contributed by atoms with E-state index in [1.807, 2.05) is 6.07 Å². The molecule has 0 unspecified atom stereocenters. The lowest BCUT2D eigenvalue weighted by atomic mass is 10.2. The molecule has 4 rings (SSSR count). The van der Waals surface area contributed by atoms with Crippen LogP contribution in [0.15, 0.2) is 59.6 Å². The average Bonchev–Trinajstić information content (AvgIpc) is 3.07. The van der Waals surface area contributed by atoms with Gasteiger partial charge in [-0.1, -0.05) is 30.0 Å². The lowest BCUT2D eigenvalue weighted by molar-refractivity contribution is 0.100. The third-order valence-corrected chi connectivity index (χ3v) is 7.60.